The number of aromatic nitrogens is 3. The van der Waals surface area contributed by atoms with E-state index in [4.69, 9.17) is 0 Å². The van der Waals surface area contributed by atoms with Crippen molar-refractivity contribution in [3.8, 4) is 0 Å². The van der Waals surface area contributed by atoms with E-state index in [9.17, 15) is 13.2 Å². The topological polar surface area (TPSA) is 94.0 Å². The molecule has 1 amide bonds. The predicted octanol–water partition coefficient (Wildman–Crippen LogP) is 0.750. The van der Waals surface area contributed by atoms with Crippen LogP contribution in [0.1, 0.15) is 12.6 Å². The minimum absolute atomic E-state index is 0.171. The van der Waals surface area contributed by atoms with Gasteiger partial charge in [0.05, 0.1) is 18.4 Å². The maximum atomic E-state index is 11.3. The van der Waals surface area contributed by atoms with E-state index in [-0.39, 0.29) is 10.8 Å². The van der Waals surface area contributed by atoms with Crippen molar-refractivity contribution in [2.45, 2.75) is 18.4 Å². The van der Waals surface area contributed by atoms with Crippen molar-refractivity contribution < 1.29 is 13.2 Å². The molecule has 0 fully saturated rings. The number of amides is 1. The Labute approximate surface area is 114 Å². The van der Waals surface area contributed by atoms with Crippen molar-refractivity contribution in [3.05, 3.63) is 23.5 Å². The van der Waals surface area contributed by atoms with Crippen molar-refractivity contribution in [2.75, 3.05) is 11.6 Å². The molecule has 0 unspecified atom stereocenters. The van der Waals surface area contributed by atoms with Gasteiger partial charge in [-0.3, -0.25) is 9.48 Å². The maximum absolute atomic E-state index is 11.3. The number of thiazole rings is 1. The number of anilines is 1. The van der Waals surface area contributed by atoms with Gasteiger partial charge in [0.15, 0.2) is 15.0 Å². The standard InChI is InChI=1S/C10H12N4O3S2/c1-7(15)12-10-13-8(6-18-10)4-14-5-9(3-11-14)19(2,16)17/h3,5-6H,4H2,1-2H3,(H,12,13,15). The van der Waals surface area contributed by atoms with Crippen molar-refractivity contribution in [3.63, 3.8) is 0 Å². The van der Waals surface area contributed by atoms with E-state index >= 15 is 0 Å². The number of sulfone groups is 1. The summed E-state index contributed by atoms with van der Waals surface area (Å²) < 4.78 is 24.1. The molecule has 9 heteroatoms. The van der Waals surface area contributed by atoms with Crippen molar-refractivity contribution >= 4 is 32.2 Å². The normalized spacial score (nSPS) is 11.5. The maximum Gasteiger partial charge on any atom is 0.223 e. The van der Waals surface area contributed by atoms with Crippen LogP contribution >= 0.6 is 11.3 Å². The summed E-state index contributed by atoms with van der Waals surface area (Å²) >= 11 is 1.31. The third kappa shape index (κ3) is 3.61. The lowest BCUT2D eigenvalue weighted by molar-refractivity contribution is -0.114. The van der Waals surface area contributed by atoms with Crippen molar-refractivity contribution in [2.24, 2.45) is 0 Å². The van der Waals surface area contributed by atoms with E-state index in [1.54, 1.807) is 5.38 Å². The Bertz CT molecular complexity index is 702. The lowest BCUT2D eigenvalue weighted by Gasteiger charge is -1.97. The third-order valence-corrected chi connectivity index (χ3v) is 4.07. The van der Waals surface area contributed by atoms with Gasteiger partial charge in [-0.05, 0) is 0 Å². The minimum atomic E-state index is -3.24. The summed E-state index contributed by atoms with van der Waals surface area (Å²) in [6.45, 7) is 1.76. The molecule has 0 radical (unpaired) electrons. The van der Waals surface area contributed by atoms with Gasteiger partial charge in [0.25, 0.3) is 0 Å². The van der Waals surface area contributed by atoms with Crippen LogP contribution in [-0.2, 0) is 21.2 Å². The number of carbonyl (C=O) groups is 1. The first kappa shape index (κ1) is 13.7. The number of nitrogens with zero attached hydrogens (tertiary/aromatic N) is 3. The smallest absolute Gasteiger partial charge is 0.223 e. The van der Waals surface area contributed by atoms with Crippen LogP contribution in [0, 0.1) is 0 Å². The van der Waals surface area contributed by atoms with Gasteiger partial charge in [-0.15, -0.1) is 11.3 Å². The van der Waals surface area contributed by atoms with Gasteiger partial charge < -0.3 is 5.32 Å². The highest BCUT2D eigenvalue weighted by molar-refractivity contribution is 7.90. The number of hydrogen-bond acceptors (Lipinski definition) is 6. The van der Waals surface area contributed by atoms with E-state index in [1.807, 2.05) is 0 Å². The van der Waals surface area contributed by atoms with Gasteiger partial charge >= 0.3 is 0 Å². The van der Waals surface area contributed by atoms with Crippen LogP contribution in [0.4, 0.5) is 5.13 Å². The first-order valence-electron chi connectivity index (χ1n) is 5.29. The Morgan fingerprint density at radius 2 is 2.26 bits per heavy atom. The van der Waals surface area contributed by atoms with Crippen LogP contribution < -0.4 is 5.32 Å². The molecule has 2 aromatic heterocycles. The zero-order chi connectivity index (χ0) is 14.0. The second-order valence-electron chi connectivity index (χ2n) is 3.97. The Morgan fingerprint density at radius 3 is 2.84 bits per heavy atom. The molecule has 1 N–H and O–H groups in total. The molecule has 2 aromatic rings. The van der Waals surface area contributed by atoms with Gasteiger partial charge in [-0.2, -0.15) is 5.10 Å². The molecule has 0 saturated carbocycles. The average molecular weight is 300 g/mol. The monoisotopic (exact) mass is 300 g/mol. The molecule has 0 spiro atoms. The lowest BCUT2D eigenvalue weighted by atomic mass is 10.5. The molecule has 0 atom stereocenters. The van der Waals surface area contributed by atoms with Crippen molar-refractivity contribution in [1.29, 1.82) is 0 Å². The zero-order valence-corrected chi connectivity index (χ0v) is 12.0. The summed E-state index contributed by atoms with van der Waals surface area (Å²) in [6, 6.07) is 0. The number of rotatable bonds is 4. The van der Waals surface area contributed by atoms with E-state index in [2.05, 4.69) is 15.4 Å². The molecule has 0 aliphatic carbocycles. The fraction of sp³-hybridized carbons (Fsp3) is 0.300. The quantitative estimate of drug-likeness (QED) is 0.899. The summed E-state index contributed by atoms with van der Waals surface area (Å²) in [5, 5.41) is 8.84. The molecule has 2 rings (SSSR count). The molecule has 19 heavy (non-hydrogen) atoms. The number of carbonyl (C=O) groups excluding carboxylic acids is 1. The van der Waals surface area contributed by atoms with Gasteiger partial charge in [-0.25, -0.2) is 13.4 Å². The SMILES string of the molecule is CC(=O)Nc1nc(Cn2cc(S(C)(=O)=O)cn2)cs1. The highest BCUT2D eigenvalue weighted by Gasteiger charge is 2.11. The first-order chi connectivity index (χ1) is 8.84. The fourth-order valence-corrected chi connectivity index (χ4v) is 2.68. The van der Waals surface area contributed by atoms with Crippen molar-refractivity contribution in [1.82, 2.24) is 14.8 Å². The van der Waals surface area contributed by atoms with E-state index in [0.29, 0.717) is 17.4 Å². The van der Waals surface area contributed by atoms with Gasteiger partial charge in [-0.1, -0.05) is 0 Å². The fourth-order valence-electron chi connectivity index (χ4n) is 1.38. The molecule has 102 valence electrons. The zero-order valence-electron chi connectivity index (χ0n) is 10.3. The second-order valence-corrected chi connectivity index (χ2v) is 6.84. The molecule has 2 heterocycles. The van der Waals surface area contributed by atoms with Gasteiger partial charge in [0.1, 0.15) is 4.90 Å². The molecule has 0 bridgehead atoms. The molecule has 0 saturated heterocycles. The summed E-state index contributed by atoms with van der Waals surface area (Å²) in [5.74, 6) is -0.181. The van der Waals surface area contributed by atoms with Crippen LogP contribution in [0.15, 0.2) is 22.7 Å². The highest BCUT2D eigenvalue weighted by Crippen LogP contribution is 2.16. The third-order valence-electron chi connectivity index (χ3n) is 2.20. The molecule has 7 nitrogen and oxygen atoms in total. The van der Waals surface area contributed by atoms with Gasteiger partial charge in [0.2, 0.25) is 5.91 Å². The van der Waals surface area contributed by atoms with Crippen LogP contribution in [0.3, 0.4) is 0 Å². The molecule has 0 aliphatic rings. The van der Waals surface area contributed by atoms with E-state index in [0.717, 1.165) is 6.26 Å². The summed E-state index contributed by atoms with van der Waals surface area (Å²) in [5.41, 5.74) is 0.705. The minimum Gasteiger partial charge on any atom is -0.302 e. The van der Waals surface area contributed by atoms with Crippen LogP contribution in [0.5, 0.6) is 0 Å². The number of nitrogens with one attached hydrogen (secondary N) is 1. The average Bonchev–Trinajstić information content (AvgIpc) is 2.86. The molecule has 0 aromatic carbocycles. The van der Waals surface area contributed by atoms with E-state index < -0.39 is 9.84 Å². The first-order valence-corrected chi connectivity index (χ1v) is 8.06. The summed E-state index contributed by atoms with van der Waals surface area (Å²) in [4.78, 5) is 15.2. The Hall–Kier alpha value is -1.74. The Morgan fingerprint density at radius 1 is 1.53 bits per heavy atom. The Balaban J connectivity index is 2.11. The summed E-state index contributed by atoms with van der Waals surface area (Å²) in [7, 11) is -3.24. The van der Waals surface area contributed by atoms with Gasteiger partial charge in [0, 0.05) is 24.8 Å². The second kappa shape index (κ2) is 5.10. The predicted molar refractivity (Wildman–Crippen MR) is 70.9 cm³/mol. The Kier molecular flexibility index (Phi) is 3.67. The summed E-state index contributed by atoms with van der Waals surface area (Å²) in [6.07, 6.45) is 3.88. The highest BCUT2D eigenvalue weighted by atomic mass is 32.2. The number of hydrogen-bond donors (Lipinski definition) is 1. The largest absolute Gasteiger partial charge is 0.302 e. The van der Waals surface area contributed by atoms with Crippen LogP contribution in [0.25, 0.3) is 0 Å². The molecular formula is C10H12N4O3S2. The lowest BCUT2D eigenvalue weighted by Crippen LogP contribution is -2.06. The van der Waals surface area contributed by atoms with Crippen LogP contribution in [0.2, 0.25) is 0 Å². The van der Waals surface area contributed by atoms with E-state index in [1.165, 1.54) is 35.3 Å². The van der Waals surface area contributed by atoms with Crippen LogP contribution in [-0.4, -0.2) is 35.3 Å². The molecule has 0 aliphatic heterocycles. The molecular weight excluding hydrogens is 288 g/mol.